The average Bonchev–Trinajstić information content (AvgIpc) is 2.12. The number of nitriles is 1. The van der Waals surface area contributed by atoms with Crippen molar-refractivity contribution in [3.05, 3.63) is 0 Å². The van der Waals surface area contributed by atoms with E-state index in [9.17, 15) is 0 Å². The molecule has 12 heavy (non-hydrogen) atoms. The molecule has 70 valence electrons. The van der Waals surface area contributed by atoms with Crippen molar-refractivity contribution in [2.45, 2.75) is 25.5 Å². The lowest BCUT2D eigenvalue weighted by Gasteiger charge is -2.16. The molecule has 0 aliphatic rings. The fourth-order valence-corrected chi connectivity index (χ4v) is 2.31. The maximum absolute atomic E-state index is 8.29. The van der Waals surface area contributed by atoms with Gasteiger partial charge in [-0.3, -0.25) is 0 Å². The molecule has 0 aromatic rings. The van der Waals surface area contributed by atoms with E-state index in [1.165, 1.54) is 0 Å². The van der Waals surface area contributed by atoms with Crippen molar-refractivity contribution in [3.63, 3.8) is 0 Å². The summed E-state index contributed by atoms with van der Waals surface area (Å²) in [6.45, 7) is 1.97. The van der Waals surface area contributed by atoms with Crippen LogP contribution in [0.4, 0.5) is 0 Å². The Bertz CT molecular complexity index is 144. The summed E-state index contributed by atoms with van der Waals surface area (Å²) in [6, 6.07) is 0.719. The molecular formula is C7H15NO3Si. The maximum Gasteiger partial charge on any atom is 0.324 e. The Morgan fingerprint density at radius 1 is 1.42 bits per heavy atom. The molecule has 0 rings (SSSR count). The molecule has 4 nitrogen and oxygen atoms in total. The minimum Gasteiger partial charge on any atom is -0.424 e. The van der Waals surface area contributed by atoms with Crippen molar-refractivity contribution in [2.24, 2.45) is 0 Å². The van der Waals surface area contributed by atoms with Crippen LogP contribution in [0.5, 0.6) is 0 Å². The molecule has 0 radical (unpaired) electrons. The van der Waals surface area contributed by atoms with Crippen LogP contribution in [0.1, 0.15) is 13.3 Å². The normalized spacial score (nSPS) is 12.6. The van der Waals surface area contributed by atoms with Gasteiger partial charge in [-0.2, -0.15) is 5.26 Å². The minimum absolute atomic E-state index is 0.0495. The van der Waals surface area contributed by atoms with Gasteiger partial charge in [0.05, 0.1) is 0 Å². The van der Waals surface area contributed by atoms with E-state index >= 15 is 0 Å². The molecule has 0 fully saturated rings. The van der Waals surface area contributed by atoms with E-state index in [0.29, 0.717) is 0 Å². The highest BCUT2D eigenvalue weighted by molar-refractivity contribution is 6.44. The van der Waals surface area contributed by atoms with E-state index in [1.807, 2.05) is 6.92 Å². The van der Waals surface area contributed by atoms with Gasteiger partial charge < -0.3 is 13.6 Å². The Labute approximate surface area is 74.9 Å². The van der Waals surface area contributed by atoms with E-state index in [-0.39, 0.29) is 6.10 Å². The van der Waals surface area contributed by atoms with Crippen molar-refractivity contribution in [1.82, 2.24) is 0 Å². The Kier molecular flexibility index (Phi) is 6.76. The second-order valence-corrected chi connectivity index (χ2v) is 4.65. The van der Waals surface area contributed by atoms with Crippen molar-refractivity contribution in [3.8, 4) is 6.26 Å². The lowest BCUT2D eigenvalue weighted by molar-refractivity contribution is 0.159. The highest BCUT2D eigenvalue weighted by atomic mass is 28.3. The fourth-order valence-electron chi connectivity index (χ4n) is 0.876. The summed E-state index contributed by atoms with van der Waals surface area (Å²) < 4.78 is 15.0. The first-order valence-electron chi connectivity index (χ1n) is 3.88. The van der Waals surface area contributed by atoms with Crippen LogP contribution in [0.25, 0.3) is 0 Å². The zero-order valence-corrected chi connectivity index (χ0v) is 8.90. The standard InChI is InChI=1S/C7H15NO3Si/c1-4-7(11-6-8)5-12(9-2)10-3/h7,12H,4-5H2,1-3H3. The fraction of sp³-hybridized carbons (Fsp3) is 0.857. The minimum atomic E-state index is -1.58. The maximum atomic E-state index is 8.29. The zero-order valence-electron chi connectivity index (χ0n) is 7.74. The van der Waals surface area contributed by atoms with Gasteiger partial charge in [-0.1, -0.05) is 6.92 Å². The Balaban J connectivity index is 3.75. The van der Waals surface area contributed by atoms with Crippen LogP contribution in [0, 0.1) is 11.5 Å². The van der Waals surface area contributed by atoms with Crippen LogP contribution in [0.3, 0.4) is 0 Å². The second kappa shape index (κ2) is 7.10. The number of hydrogen-bond acceptors (Lipinski definition) is 4. The molecule has 1 unspecified atom stereocenters. The lowest BCUT2D eigenvalue weighted by atomic mass is 10.3. The largest absolute Gasteiger partial charge is 0.424 e. The molecule has 0 saturated heterocycles. The molecule has 0 bridgehead atoms. The third kappa shape index (κ3) is 4.33. The summed E-state index contributed by atoms with van der Waals surface area (Å²) >= 11 is 0. The van der Waals surface area contributed by atoms with Crippen LogP contribution in [-0.2, 0) is 13.6 Å². The van der Waals surface area contributed by atoms with E-state index in [2.05, 4.69) is 0 Å². The van der Waals surface area contributed by atoms with Gasteiger partial charge in [-0.05, 0) is 6.42 Å². The summed E-state index contributed by atoms with van der Waals surface area (Å²) in [5.41, 5.74) is 0. The lowest BCUT2D eigenvalue weighted by Crippen LogP contribution is -2.25. The molecule has 0 amide bonds. The molecule has 0 aromatic heterocycles. The Morgan fingerprint density at radius 3 is 2.33 bits per heavy atom. The van der Waals surface area contributed by atoms with Crippen LogP contribution in [-0.4, -0.2) is 29.6 Å². The highest BCUT2D eigenvalue weighted by Crippen LogP contribution is 2.07. The van der Waals surface area contributed by atoms with E-state index < -0.39 is 9.28 Å². The highest BCUT2D eigenvalue weighted by Gasteiger charge is 2.17. The monoisotopic (exact) mass is 189 g/mol. The van der Waals surface area contributed by atoms with Gasteiger partial charge in [-0.15, -0.1) is 0 Å². The first kappa shape index (κ1) is 11.4. The average molecular weight is 189 g/mol. The Morgan fingerprint density at radius 2 is 2.00 bits per heavy atom. The summed E-state index contributed by atoms with van der Waals surface area (Å²) in [5.74, 6) is 0. The van der Waals surface area contributed by atoms with E-state index in [4.69, 9.17) is 18.9 Å². The SMILES string of the molecule is CCC(C[SiH](OC)OC)OC#N. The number of rotatable bonds is 6. The van der Waals surface area contributed by atoms with Crippen molar-refractivity contribution in [2.75, 3.05) is 14.2 Å². The quantitative estimate of drug-likeness (QED) is 0.457. The first-order valence-corrected chi connectivity index (χ1v) is 5.64. The molecule has 0 aliphatic heterocycles. The van der Waals surface area contributed by atoms with Gasteiger partial charge in [0.15, 0.2) is 0 Å². The first-order chi connectivity index (χ1) is 5.78. The molecule has 0 spiro atoms. The van der Waals surface area contributed by atoms with Crippen molar-refractivity contribution >= 4 is 9.28 Å². The summed E-state index contributed by atoms with van der Waals surface area (Å²) in [7, 11) is 1.67. The number of nitrogens with zero attached hydrogens (tertiary/aromatic N) is 1. The van der Waals surface area contributed by atoms with Gasteiger partial charge in [0.1, 0.15) is 6.10 Å². The van der Waals surface area contributed by atoms with Gasteiger partial charge >= 0.3 is 9.28 Å². The molecule has 0 aliphatic carbocycles. The van der Waals surface area contributed by atoms with E-state index in [1.54, 1.807) is 20.5 Å². The topological polar surface area (TPSA) is 51.5 Å². The predicted molar refractivity (Wildman–Crippen MR) is 46.8 cm³/mol. The van der Waals surface area contributed by atoms with Crippen LogP contribution < -0.4 is 0 Å². The van der Waals surface area contributed by atoms with Crippen LogP contribution >= 0.6 is 0 Å². The van der Waals surface area contributed by atoms with Gasteiger partial charge in [0.2, 0.25) is 0 Å². The summed E-state index contributed by atoms with van der Waals surface area (Å²) in [4.78, 5) is 0. The second-order valence-electron chi connectivity index (χ2n) is 2.38. The third-order valence-electron chi connectivity index (χ3n) is 1.66. The summed E-state index contributed by atoms with van der Waals surface area (Å²) in [6.07, 6.45) is 2.44. The number of hydrogen-bond donors (Lipinski definition) is 0. The molecule has 0 N–H and O–H groups in total. The smallest absolute Gasteiger partial charge is 0.324 e. The van der Waals surface area contributed by atoms with E-state index in [0.717, 1.165) is 12.5 Å². The zero-order chi connectivity index (χ0) is 9.40. The van der Waals surface area contributed by atoms with Crippen LogP contribution in [0.15, 0.2) is 0 Å². The molecule has 0 saturated carbocycles. The molecule has 0 aromatic carbocycles. The molecule has 0 heterocycles. The third-order valence-corrected chi connectivity index (χ3v) is 3.62. The predicted octanol–water partition coefficient (Wildman–Crippen LogP) is 0.776. The Hall–Kier alpha value is -0.573. The van der Waals surface area contributed by atoms with Gasteiger partial charge in [0.25, 0.3) is 6.26 Å². The van der Waals surface area contributed by atoms with Gasteiger partial charge in [-0.25, -0.2) is 0 Å². The van der Waals surface area contributed by atoms with Gasteiger partial charge in [0, 0.05) is 20.3 Å². The van der Waals surface area contributed by atoms with Crippen molar-refractivity contribution in [1.29, 1.82) is 5.26 Å². The molecule has 1 atom stereocenters. The van der Waals surface area contributed by atoms with Crippen LogP contribution in [0.2, 0.25) is 6.04 Å². The van der Waals surface area contributed by atoms with Crippen molar-refractivity contribution < 1.29 is 13.6 Å². The molecule has 5 heteroatoms. The molecular weight excluding hydrogens is 174 g/mol. The number of ether oxygens (including phenoxy) is 1. The summed E-state index contributed by atoms with van der Waals surface area (Å²) in [5, 5.41) is 8.29.